The van der Waals surface area contributed by atoms with Gasteiger partial charge < -0.3 is 25.6 Å². The van der Waals surface area contributed by atoms with Crippen LogP contribution in [0.5, 0.6) is 0 Å². The molecule has 0 aliphatic carbocycles. The fourth-order valence-electron chi connectivity index (χ4n) is 3.38. The number of hydrogen-bond acceptors (Lipinski definition) is 8. The molecular formula is C24H18ClF3N6O4. The second-order valence-corrected chi connectivity index (χ2v) is 8.30. The van der Waals surface area contributed by atoms with Crippen LogP contribution >= 0.6 is 11.6 Å². The first-order valence-corrected chi connectivity index (χ1v) is 11.3. The van der Waals surface area contributed by atoms with Gasteiger partial charge in [-0.15, -0.1) is 0 Å². The molecule has 0 spiro atoms. The normalized spacial score (nSPS) is 12.2. The van der Waals surface area contributed by atoms with Crippen LogP contribution in [-0.4, -0.2) is 38.3 Å². The van der Waals surface area contributed by atoms with Gasteiger partial charge in [0.05, 0.1) is 12.4 Å². The smallest absolute Gasteiger partial charge is 0.475 e. The number of aromatic nitrogens is 3. The SMILES string of the molecule is O=C(Nc1cc2cc(c1)Nc1nc(ncc1Cl)Nc1cccc(c1)CC2)c1ccno1.O=C(O)C(F)(F)F. The number of benzene rings is 2. The van der Waals surface area contributed by atoms with E-state index in [1.54, 1.807) is 6.20 Å². The van der Waals surface area contributed by atoms with Crippen molar-refractivity contribution < 1.29 is 32.4 Å². The number of aryl methyl sites for hydroxylation is 2. The third-order valence-corrected chi connectivity index (χ3v) is 5.32. The highest BCUT2D eigenvalue weighted by molar-refractivity contribution is 6.32. The van der Waals surface area contributed by atoms with Crippen LogP contribution in [0.25, 0.3) is 0 Å². The molecular weight excluding hydrogens is 529 g/mol. The number of alkyl halides is 3. The van der Waals surface area contributed by atoms with Gasteiger partial charge in [0.25, 0.3) is 5.91 Å². The van der Waals surface area contributed by atoms with E-state index in [2.05, 4.69) is 43.2 Å². The van der Waals surface area contributed by atoms with E-state index in [0.717, 1.165) is 29.8 Å². The summed E-state index contributed by atoms with van der Waals surface area (Å²) in [6, 6.07) is 15.4. The molecule has 5 rings (SSSR count). The van der Waals surface area contributed by atoms with Gasteiger partial charge in [0, 0.05) is 23.1 Å². The van der Waals surface area contributed by atoms with Gasteiger partial charge in [0.1, 0.15) is 5.02 Å². The Morgan fingerprint density at radius 2 is 1.76 bits per heavy atom. The van der Waals surface area contributed by atoms with Gasteiger partial charge in [-0.2, -0.15) is 18.2 Å². The Morgan fingerprint density at radius 3 is 2.47 bits per heavy atom. The molecule has 0 saturated heterocycles. The number of carbonyl (C=O) groups is 2. The van der Waals surface area contributed by atoms with Crippen LogP contribution in [-0.2, 0) is 17.6 Å². The van der Waals surface area contributed by atoms with Gasteiger partial charge in [-0.05, 0) is 54.3 Å². The minimum atomic E-state index is -5.08. The lowest BCUT2D eigenvalue weighted by Gasteiger charge is -2.13. The second kappa shape index (κ2) is 11.2. The molecule has 196 valence electrons. The lowest BCUT2D eigenvalue weighted by atomic mass is 10.0. The molecule has 0 saturated carbocycles. The molecule has 0 atom stereocenters. The van der Waals surface area contributed by atoms with Crippen molar-refractivity contribution in [2.45, 2.75) is 19.0 Å². The molecule has 0 radical (unpaired) electrons. The number of rotatable bonds is 2. The average Bonchev–Trinajstić information content (AvgIpc) is 3.40. The summed E-state index contributed by atoms with van der Waals surface area (Å²) in [6.45, 7) is 0. The molecule has 3 heterocycles. The zero-order valence-electron chi connectivity index (χ0n) is 19.2. The predicted octanol–water partition coefficient (Wildman–Crippen LogP) is 5.59. The van der Waals surface area contributed by atoms with Gasteiger partial charge in [0.15, 0.2) is 5.82 Å². The van der Waals surface area contributed by atoms with Gasteiger partial charge >= 0.3 is 12.1 Å². The third-order valence-electron chi connectivity index (χ3n) is 5.05. The Hall–Kier alpha value is -4.65. The van der Waals surface area contributed by atoms with Crippen LogP contribution in [0.1, 0.15) is 21.7 Å². The summed E-state index contributed by atoms with van der Waals surface area (Å²) in [6.07, 6.45) is -0.509. The number of hydrogen-bond donors (Lipinski definition) is 4. The van der Waals surface area contributed by atoms with Crippen molar-refractivity contribution >= 4 is 52.3 Å². The van der Waals surface area contributed by atoms with Crippen molar-refractivity contribution in [3.8, 4) is 0 Å². The number of nitrogens with zero attached hydrogens (tertiary/aromatic N) is 3. The largest absolute Gasteiger partial charge is 0.490 e. The number of amides is 1. The van der Waals surface area contributed by atoms with E-state index in [9.17, 15) is 18.0 Å². The molecule has 4 N–H and O–H groups in total. The third kappa shape index (κ3) is 6.97. The molecule has 2 aromatic carbocycles. The van der Waals surface area contributed by atoms with E-state index < -0.39 is 12.1 Å². The topological polar surface area (TPSA) is 142 Å². The Balaban J connectivity index is 0.000000426. The van der Waals surface area contributed by atoms with Crippen LogP contribution in [0.4, 0.5) is 42.0 Å². The fraction of sp³-hybridized carbons (Fsp3) is 0.125. The standard InChI is InChI=1S/C22H17ClN6O2.C2HF3O2/c23-18-12-24-22-28-15-3-1-2-13(8-15)4-5-14-9-16(26-20(18)29-22)11-17(10-14)27-21(30)19-6-7-25-31-19;3-2(4,5)1(6)7/h1-3,6-12H,4-5H2,(H,27,30)(H2,24,26,28,29);(H,6,7). The molecule has 4 aromatic rings. The molecule has 2 aromatic heterocycles. The number of carboxylic acids is 1. The lowest BCUT2D eigenvalue weighted by molar-refractivity contribution is -0.192. The van der Waals surface area contributed by atoms with Gasteiger partial charge in [0.2, 0.25) is 11.7 Å². The lowest BCUT2D eigenvalue weighted by Crippen LogP contribution is -2.21. The van der Waals surface area contributed by atoms with Gasteiger partial charge in [-0.25, -0.2) is 9.78 Å². The number of carbonyl (C=O) groups excluding carboxylic acids is 1. The summed E-state index contributed by atoms with van der Waals surface area (Å²) in [5.74, 6) is -2.11. The summed E-state index contributed by atoms with van der Waals surface area (Å²) in [5, 5.41) is 20.4. The van der Waals surface area contributed by atoms with Gasteiger partial charge in [-0.3, -0.25) is 4.79 Å². The van der Waals surface area contributed by atoms with Crippen LogP contribution in [0.3, 0.4) is 0 Å². The van der Waals surface area contributed by atoms with Crippen molar-refractivity contribution in [1.82, 2.24) is 15.1 Å². The molecule has 0 unspecified atom stereocenters. The summed E-state index contributed by atoms with van der Waals surface area (Å²) in [7, 11) is 0. The fourth-order valence-corrected chi connectivity index (χ4v) is 3.52. The minimum absolute atomic E-state index is 0.136. The highest BCUT2D eigenvalue weighted by atomic mass is 35.5. The van der Waals surface area contributed by atoms with E-state index >= 15 is 0 Å². The zero-order chi connectivity index (χ0) is 27.3. The summed E-state index contributed by atoms with van der Waals surface area (Å²) in [5.41, 5.74) is 4.47. The molecule has 1 aliphatic heterocycles. The maximum Gasteiger partial charge on any atom is 0.490 e. The van der Waals surface area contributed by atoms with Crippen molar-refractivity contribution in [1.29, 1.82) is 0 Å². The Morgan fingerprint density at radius 1 is 1.03 bits per heavy atom. The molecule has 10 nitrogen and oxygen atoms in total. The highest BCUT2D eigenvalue weighted by Gasteiger charge is 2.38. The quantitative estimate of drug-likeness (QED) is 0.253. The van der Waals surface area contributed by atoms with E-state index in [1.165, 1.54) is 17.8 Å². The summed E-state index contributed by atoms with van der Waals surface area (Å²) >= 11 is 6.32. The van der Waals surface area contributed by atoms with Crippen molar-refractivity contribution in [2.24, 2.45) is 0 Å². The average molecular weight is 547 g/mol. The molecule has 6 bridgehead atoms. The van der Waals surface area contributed by atoms with E-state index in [1.807, 2.05) is 30.3 Å². The molecule has 0 fully saturated rings. The van der Waals surface area contributed by atoms with E-state index in [0.29, 0.717) is 22.5 Å². The second-order valence-electron chi connectivity index (χ2n) is 7.89. The maximum absolute atomic E-state index is 12.4. The molecule has 38 heavy (non-hydrogen) atoms. The number of aliphatic carboxylic acids is 1. The summed E-state index contributed by atoms with van der Waals surface area (Å²) in [4.78, 5) is 30.1. The number of anilines is 5. The number of nitrogens with one attached hydrogen (secondary N) is 3. The molecule has 1 amide bonds. The first-order valence-electron chi connectivity index (χ1n) is 10.9. The van der Waals surface area contributed by atoms with Crippen molar-refractivity contribution in [3.63, 3.8) is 0 Å². The van der Waals surface area contributed by atoms with Crippen LogP contribution in [0.15, 0.2) is 65.4 Å². The first kappa shape index (κ1) is 26.4. The highest BCUT2D eigenvalue weighted by Crippen LogP contribution is 2.29. The monoisotopic (exact) mass is 546 g/mol. The predicted molar refractivity (Wildman–Crippen MR) is 132 cm³/mol. The molecule has 1 aliphatic rings. The number of carboxylic acid groups (broad SMARTS) is 1. The van der Waals surface area contributed by atoms with Crippen molar-refractivity contribution in [2.75, 3.05) is 16.0 Å². The van der Waals surface area contributed by atoms with Crippen LogP contribution in [0.2, 0.25) is 5.02 Å². The van der Waals surface area contributed by atoms with Gasteiger partial charge in [-0.1, -0.05) is 28.9 Å². The zero-order valence-corrected chi connectivity index (χ0v) is 20.0. The van der Waals surface area contributed by atoms with E-state index in [4.69, 9.17) is 26.0 Å². The Bertz CT molecular complexity index is 1460. The van der Waals surface area contributed by atoms with E-state index in [-0.39, 0.29) is 11.7 Å². The number of halogens is 4. The summed E-state index contributed by atoms with van der Waals surface area (Å²) < 4.78 is 36.7. The van der Waals surface area contributed by atoms with Crippen LogP contribution in [0, 0.1) is 0 Å². The molecule has 14 heteroatoms. The van der Waals surface area contributed by atoms with Crippen LogP contribution < -0.4 is 16.0 Å². The first-order chi connectivity index (χ1) is 18.1. The Kier molecular flexibility index (Phi) is 7.76. The Labute approximate surface area is 217 Å². The number of fused-ring (bicyclic) bond motifs is 6. The van der Waals surface area contributed by atoms with Crippen molar-refractivity contribution in [3.05, 3.63) is 82.8 Å². The minimum Gasteiger partial charge on any atom is -0.475 e. The maximum atomic E-state index is 12.4.